The van der Waals surface area contributed by atoms with Gasteiger partial charge in [-0.25, -0.2) is 14.4 Å². The van der Waals surface area contributed by atoms with E-state index in [-0.39, 0.29) is 5.82 Å². The van der Waals surface area contributed by atoms with Gasteiger partial charge in [0, 0.05) is 13.1 Å². The molecule has 0 amide bonds. The monoisotopic (exact) mass is 329 g/mol. The predicted octanol–water partition coefficient (Wildman–Crippen LogP) is 3.65. The van der Waals surface area contributed by atoms with E-state index in [1.165, 1.54) is 11.9 Å². The van der Waals surface area contributed by atoms with Crippen molar-refractivity contribution in [2.45, 2.75) is 32.6 Å². The maximum atomic E-state index is 14.4. The Morgan fingerprint density at radius 1 is 1.25 bits per heavy atom. The average Bonchev–Trinajstić information content (AvgIpc) is 2.63. The molecule has 1 saturated heterocycles. The van der Waals surface area contributed by atoms with E-state index in [0.29, 0.717) is 23.9 Å². The van der Waals surface area contributed by atoms with Crippen LogP contribution >= 0.6 is 0 Å². The number of halogens is 1. The van der Waals surface area contributed by atoms with Crippen LogP contribution in [0.15, 0.2) is 30.6 Å². The maximum Gasteiger partial charge on any atom is 0.187 e. The van der Waals surface area contributed by atoms with Crippen LogP contribution in [0, 0.1) is 11.7 Å². The Labute approximate surface area is 142 Å². The highest BCUT2D eigenvalue weighted by Gasteiger charge is 2.23. The fraction of sp³-hybridized carbons (Fsp3) is 0.474. The zero-order chi connectivity index (χ0) is 16.9. The third kappa shape index (κ3) is 3.66. The highest BCUT2D eigenvalue weighted by molar-refractivity contribution is 5.41. The first-order chi connectivity index (χ1) is 11.7. The third-order valence-electron chi connectivity index (χ3n) is 4.75. The van der Waals surface area contributed by atoms with Gasteiger partial charge in [-0.05, 0) is 49.3 Å². The number of piperidine rings is 1. The second kappa shape index (κ2) is 7.60. The Kier molecular flexibility index (Phi) is 5.28. The third-order valence-corrected chi connectivity index (χ3v) is 4.75. The number of rotatable bonds is 5. The minimum Gasteiger partial charge on any atom is -0.497 e. The first-order valence-electron chi connectivity index (χ1n) is 8.58. The summed E-state index contributed by atoms with van der Waals surface area (Å²) in [5.74, 6) is 1.72. The van der Waals surface area contributed by atoms with Crippen molar-refractivity contribution in [3.63, 3.8) is 0 Å². The largest absolute Gasteiger partial charge is 0.497 e. The van der Waals surface area contributed by atoms with Gasteiger partial charge in [-0.3, -0.25) is 0 Å². The molecule has 4 nitrogen and oxygen atoms in total. The molecule has 1 aromatic heterocycles. The van der Waals surface area contributed by atoms with Crippen LogP contribution in [0.2, 0.25) is 0 Å². The van der Waals surface area contributed by atoms with Gasteiger partial charge in [0.1, 0.15) is 12.1 Å². The van der Waals surface area contributed by atoms with Crippen molar-refractivity contribution >= 4 is 5.82 Å². The lowest BCUT2D eigenvalue weighted by Crippen LogP contribution is -2.35. The summed E-state index contributed by atoms with van der Waals surface area (Å²) in [4.78, 5) is 10.2. The summed E-state index contributed by atoms with van der Waals surface area (Å²) in [6.07, 6.45) is 5.19. The number of aryl methyl sites for hydroxylation is 1. The van der Waals surface area contributed by atoms with Crippen molar-refractivity contribution in [2.75, 3.05) is 25.1 Å². The molecule has 128 valence electrons. The fourth-order valence-corrected chi connectivity index (χ4v) is 3.34. The number of ether oxygens (including phenoxy) is 1. The minimum absolute atomic E-state index is 0.258. The highest BCUT2D eigenvalue weighted by Crippen LogP contribution is 2.27. The summed E-state index contributed by atoms with van der Waals surface area (Å²) >= 11 is 0. The minimum atomic E-state index is -0.258. The van der Waals surface area contributed by atoms with Gasteiger partial charge >= 0.3 is 0 Å². The number of anilines is 1. The van der Waals surface area contributed by atoms with E-state index < -0.39 is 0 Å². The Bertz CT molecular complexity index is 684. The summed E-state index contributed by atoms with van der Waals surface area (Å²) in [5, 5.41) is 0. The molecule has 2 heterocycles. The Morgan fingerprint density at radius 3 is 2.75 bits per heavy atom. The van der Waals surface area contributed by atoms with Gasteiger partial charge in [-0.1, -0.05) is 19.1 Å². The van der Waals surface area contributed by atoms with Gasteiger partial charge in [0.15, 0.2) is 11.6 Å². The first-order valence-corrected chi connectivity index (χ1v) is 8.58. The quantitative estimate of drug-likeness (QED) is 0.839. The van der Waals surface area contributed by atoms with Gasteiger partial charge in [-0.15, -0.1) is 0 Å². The van der Waals surface area contributed by atoms with E-state index in [4.69, 9.17) is 4.74 Å². The molecule has 1 fully saturated rings. The number of benzene rings is 1. The zero-order valence-electron chi connectivity index (χ0n) is 14.3. The smallest absolute Gasteiger partial charge is 0.187 e. The molecule has 0 saturated carbocycles. The van der Waals surface area contributed by atoms with Crippen molar-refractivity contribution in [1.82, 2.24) is 9.97 Å². The molecular weight excluding hydrogens is 305 g/mol. The van der Waals surface area contributed by atoms with E-state index >= 15 is 0 Å². The Hall–Kier alpha value is -2.17. The van der Waals surface area contributed by atoms with Gasteiger partial charge in [0.2, 0.25) is 0 Å². The van der Waals surface area contributed by atoms with Gasteiger partial charge in [-0.2, -0.15) is 0 Å². The number of hydrogen-bond acceptors (Lipinski definition) is 4. The van der Waals surface area contributed by atoms with Crippen LogP contribution < -0.4 is 9.64 Å². The van der Waals surface area contributed by atoms with E-state index in [9.17, 15) is 4.39 Å². The Morgan fingerprint density at radius 2 is 2.04 bits per heavy atom. The van der Waals surface area contributed by atoms with Crippen molar-refractivity contribution in [2.24, 2.45) is 5.92 Å². The molecule has 1 aliphatic heterocycles. The van der Waals surface area contributed by atoms with Crippen molar-refractivity contribution in [3.8, 4) is 5.75 Å². The molecule has 1 aliphatic rings. The van der Waals surface area contributed by atoms with Gasteiger partial charge in [0.05, 0.1) is 12.8 Å². The van der Waals surface area contributed by atoms with Crippen LogP contribution in [0.5, 0.6) is 5.75 Å². The number of nitrogens with zero attached hydrogens (tertiary/aromatic N) is 3. The van der Waals surface area contributed by atoms with Crippen molar-refractivity contribution in [3.05, 3.63) is 47.7 Å². The lowest BCUT2D eigenvalue weighted by atomic mass is 9.90. The Balaban J connectivity index is 1.61. The summed E-state index contributed by atoms with van der Waals surface area (Å²) in [6.45, 7) is 3.59. The second-order valence-electron chi connectivity index (χ2n) is 6.30. The summed E-state index contributed by atoms with van der Waals surface area (Å²) in [6, 6.07) is 8.25. The zero-order valence-corrected chi connectivity index (χ0v) is 14.3. The van der Waals surface area contributed by atoms with Crippen LogP contribution in [0.4, 0.5) is 10.2 Å². The standard InChI is InChI=1S/C19H24FN3O/c1-3-17-18(20)19(22-13-21-17)23-9-7-14(8-10-23)11-15-5-4-6-16(12-15)24-2/h4-6,12-14H,3,7-11H2,1-2H3. The predicted molar refractivity (Wildman–Crippen MR) is 93.0 cm³/mol. The molecular formula is C19H24FN3O. The van der Waals surface area contributed by atoms with Crippen LogP contribution in [-0.2, 0) is 12.8 Å². The molecule has 0 spiro atoms. The maximum absolute atomic E-state index is 14.4. The van der Waals surface area contributed by atoms with E-state index in [1.807, 2.05) is 19.1 Å². The molecule has 0 radical (unpaired) electrons. The number of methoxy groups -OCH3 is 1. The lowest BCUT2D eigenvalue weighted by Gasteiger charge is -2.33. The SMILES string of the molecule is CCc1ncnc(N2CCC(Cc3cccc(OC)c3)CC2)c1F. The molecule has 3 rings (SSSR count). The number of aromatic nitrogens is 2. The molecule has 0 aliphatic carbocycles. The van der Waals surface area contributed by atoms with Crippen molar-refractivity contribution < 1.29 is 9.13 Å². The van der Waals surface area contributed by atoms with Crippen molar-refractivity contribution in [1.29, 1.82) is 0 Å². The van der Waals surface area contributed by atoms with E-state index in [2.05, 4.69) is 27.0 Å². The van der Waals surface area contributed by atoms with E-state index in [1.54, 1.807) is 7.11 Å². The average molecular weight is 329 g/mol. The van der Waals surface area contributed by atoms with Gasteiger partial charge < -0.3 is 9.64 Å². The molecule has 2 aromatic rings. The molecule has 0 bridgehead atoms. The molecule has 0 unspecified atom stereocenters. The highest BCUT2D eigenvalue weighted by atomic mass is 19.1. The fourth-order valence-electron chi connectivity index (χ4n) is 3.34. The van der Waals surface area contributed by atoms with Crippen LogP contribution in [-0.4, -0.2) is 30.2 Å². The first kappa shape index (κ1) is 16.7. The molecule has 1 aromatic carbocycles. The lowest BCUT2D eigenvalue weighted by molar-refractivity contribution is 0.395. The number of hydrogen-bond donors (Lipinski definition) is 0. The van der Waals surface area contributed by atoms with Crippen LogP contribution in [0.1, 0.15) is 31.0 Å². The van der Waals surface area contributed by atoms with Gasteiger partial charge in [0.25, 0.3) is 0 Å². The second-order valence-corrected chi connectivity index (χ2v) is 6.30. The molecule has 24 heavy (non-hydrogen) atoms. The summed E-state index contributed by atoms with van der Waals surface area (Å²) in [7, 11) is 1.69. The van der Waals surface area contributed by atoms with Crippen LogP contribution in [0.3, 0.4) is 0 Å². The molecule has 0 atom stereocenters. The molecule has 0 N–H and O–H groups in total. The summed E-state index contributed by atoms with van der Waals surface area (Å²) in [5.41, 5.74) is 1.80. The van der Waals surface area contributed by atoms with E-state index in [0.717, 1.165) is 38.1 Å². The van der Waals surface area contributed by atoms with Crippen LogP contribution in [0.25, 0.3) is 0 Å². The normalized spacial score (nSPS) is 15.5. The summed E-state index contributed by atoms with van der Waals surface area (Å²) < 4.78 is 19.7. The molecule has 5 heteroatoms. The topological polar surface area (TPSA) is 38.2 Å².